The largest absolute Gasteiger partial charge is 0.481 e. The highest BCUT2D eigenvalue weighted by atomic mass is 16.4. The number of rotatable bonds is 7. The van der Waals surface area contributed by atoms with Crippen LogP contribution in [0.5, 0.6) is 0 Å². The van der Waals surface area contributed by atoms with Crippen LogP contribution in [0.3, 0.4) is 0 Å². The van der Waals surface area contributed by atoms with Crippen LogP contribution in [0.1, 0.15) is 25.3 Å². The molecule has 3 N–H and O–H groups in total. The van der Waals surface area contributed by atoms with Crippen molar-refractivity contribution in [3.63, 3.8) is 0 Å². The zero-order valence-electron chi connectivity index (χ0n) is 12.0. The zero-order chi connectivity index (χ0) is 15.1. The number of amides is 1. The van der Waals surface area contributed by atoms with Gasteiger partial charge in [0, 0.05) is 18.7 Å². The molecule has 0 spiro atoms. The van der Waals surface area contributed by atoms with Gasteiger partial charge in [0.1, 0.15) is 0 Å². The number of hydrogen-bond donors (Lipinski definition) is 2. The predicted molar refractivity (Wildman–Crippen MR) is 78.6 cm³/mol. The number of carbonyl (C=O) groups excluding carboxylic acids is 1. The Morgan fingerprint density at radius 2 is 1.90 bits per heavy atom. The molecule has 0 radical (unpaired) electrons. The lowest BCUT2D eigenvalue weighted by Gasteiger charge is -2.23. The van der Waals surface area contributed by atoms with Crippen molar-refractivity contribution in [1.82, 2.24) is 0 Å². The van der Waals surface area contributed by atoms with E-state index in [1.165, 1.54) is 4.90 Å². The van der Waals surface area contributed by atoms with Crippen molar-refractivity contribution in [1.29, 1.82) is 0 Å². The van der Waals surface area contributed by atoms with E-state index in [0.29, 0.717) is 13.0 Å². The van der Waals surface area contributed by atoms with Crippen LogP contribution >= 0.6 is 0 Å². The Morgan fingerprint density at radius 3 is 2.40 bits per heavy atom. The van der Waals surface area contributed by atoms with E-state index in [4.69, 9.17) is 10.8 Å². The van der Waals surface area contributed by atoms with Crippen LogP contribution < -0.4 is 10.6 Å². The van der Waals surface area contributed by atoms with Gasteiger partial charge in [-0.3, -0.25) is 9.59 Å². The highest BCUT2D eigenvalue weighted by Gasteiger charge is 2.18. The van der Waals surface area contributed by atoms with Gasteiger partial charge in [0.25, 0.3) is 0 Å². The first kappa shape index (κ1) is 16.2. The van der Waals surface area contributed by atoms with E-state index in [9.17, 15) is 9.59 Å². The molecule has 20 heavy (non-hydrogen) atoms. The molecule has 1 aromatic rings. The third kappa shape index (κ3) is 5.01. The number of nitrogens with two attached hydrogens (primary N) is 1. The number of nitrogens with zero attached hydrogens (tertiary/aromatic N) is 1. The first-order chi connectivity index (χ1) is 9.43. The van der Waals surface area contributed by atoms with Gasteiger partial charge in [0.2, 0.25) is 5.91 Å². The molecule has 0 heterocycles. The number of hydrogen-bond acceptors (Lipinski definition) is 3. The SMILES string of the molecule is Cc1ccc(N(CCC(=O)O)C(=O)CC(C)CN)cc1. The summed E-state index contributed by atoms with van der Waals surface area (Å²) in [5.41, 5.74) is 7.36. The summed E-state index contributed by atoms with van der Waals surface area (Å²) in [4.78, 5) is 24.5. The minimum absolute atomic E-state index is 0.0728. The van der Waals surface area contributed by atoms with E-state index in [2.05, 4.69) is 0 Å². The molecule has 0 fully saturated rings. The molecule has 0 aromatic heterocycles. The Bertz CT molecular complexity index is 457. The minimum atomic E-state index is -0.915. The van der Waals surface area contributed by atoms with E-state index in [0.717, 1.165) is 11.3 Å². The number of aliphatic carboxylic acids is 1. The van der Waals surface area contributed by atoms with E-state index >= 15 is 0 Å². The monoisotopic (exact) mass is 278 g/mol. The molecule has 110 valence electrons. The van der Waals surface area contributed by atoms with Crippen molar-refractivity contribution in [2.75, 3.05) is 18.0 Å². The van der Waals surface area contributed by atoms with Gasteiger partial charge in [0.05, 0.1) is 6.42 Å². The fraction of sp³-hybridized carbons (Fsp3) is 0.467. The normalized spacial score (nSPS) is 11.9. The van der Waals surface area contributed by atoms with Crippen LogP contribution in [0, 0.1) is 12.8 Å². The smallest absolute Gasteiger partial charge is 0.305 e. The van der Waals surface area contributed by atoms with Crippen molar-refractivity contribution in [2.24, 2.45) is 11.7 Å². The summed E-state index contributed by atoms with van der Waals surface area (Å²) < 4.78 is 0. The Labute approximate surface area is 119 Å². The third-order valence-electron chi connectivity index (χ3n) is 3.12. The molecule has 0 aliphatic heterocycles. The van der Waals surface area contributed by atoms with Crippen LogP contribution in [0.15, 0.2) is 24.3 Å². The van der Waals surface area contributed by atoms with Crippen LogP contribution in [0.2, 0.25) is 0 Å². The van der Waals surface area contributed by atoms with Crippen LogP contribution in [-0.4, -0.2) is 30.1 Å². The molecule has 5 nitrogen and oxygen atoms in total. The molecule has 5 heteroatoms. The van der Waals surface area contributed by atoms with Gasteiger partial charge in [-0.25, -0.2) is 0 Å². The summed E-state index contributed by atoms with van der Waals surface area (Å²) in [7, 11) is 0. The van der Waals surface area contributed by atoms with Crippen molar-refractivity contribution in [3.05, 3.63) is 29.8 Å². The van der Waals surface area contributed by atoms with E-state index < -0.39 is 5.97 Å². The van der Waals surface area contributed by atoms with Crippen molar-refractivity contribution >= 4 is 17.6 Å². The van der Waals surface area contributed by atoms with Gasteiger partial charge < -0.3 is 15.7 Å². The van der Waals surface area contributed by atoms with E-state index in [1.54, 1.807) is 0 Å². The average Bonchev–Trinajstić information content (AvgIpc) is 2.40. The fourth-order valence-electron chi connectivity index (χ4n) is 1.82. The summed E-state index contributed by atoms with van der Waals surface area (Å²) in [5, 5.41) is 8.81. The van der Waals surface area contributed by atoms with Crippen molar-refractivity contribution in [3.8, 4) is 0 Å². The molecule has 1 atom stereocenters. The van der Waals surface area contributed by atoms with Gasteiger partial charge in [0.15, 0.2) is 0 Å². The van der Waals surface area contributed by atoms with Crippen LogP contribution in [-0.2, 0) is 9.59 Å². The average molecular weight is 278 g/mol. The quantitative estimate of drug-likeness (QED) is 0.796. The molecule has 1 unspecified atom stereocenters. The lowest BCUT2D eigenvalue weighted by Crippen LogP contribution is -2.34. The maximum absolute atomic E-state index is 12.3. The molecule has 0 aliphatic rings. The van der Waals surface area contributed by atoms with Crippen LogP contribution in [0.25, 0.3) is 0 Å². The minimum Gasteiger partial charge on any atom is -0.481 e. The summed E-state index contributed by atoms with van der Waals surface area (Å²) in [6.07, 6.45) is 0.251. The standard InChI is InChI=1S/C15H22N2O3/c1-11-3-5-13(6-4-11)17(8-7-15(19)20)14(18)9-12(2)10-16/h3-6,12H,7-10,16H2,1-2H3,(H,19,20). The molecule has 0 saturated carbocycles. The second-order valence-corrected chi connectivity index (χ2v) is 5.07. The maximum Gasteiger partial charge on any atom is 0.305 e. The molecular formula is C15H22N2O3. The number of benzene rings is 1. The van der Waals surface area contributed by atoms with E-state index in [1.807, 2.05) is 38.1 Å². The predicted octanol–water partition coefficient (Wildman–Crippen LogP) is 1.79. The summed E-state index contributed by atoms with van der Waals surface area (Å²) in [6, 6.07) is 7.48. The lowest BCUT2D eigenvalue weighted by atomic mass is 10.1. The van der Waals surface area contributed by atoms with Crippen molar-refractivity contribution in [2.45, 2.75) is 26.7 Å². The Hall–Kier alpha value is -1.88. The Morgan fingerprint density at radius 1 is 1.30 bits per heavy atom. The molecule has 0 saturated heterocycles. The Balaban J connectivity index is 2.86. The first-order valence-electron chi connectivity index (χ1n) is 6.73. The number of carboxylic acid groups (broad SMARTS) is 1. The van der Waals surface area contributed by atoms with Gasteiger partial charge in [-0.15, -0.1) is 0 Å². The van der Waals surface area contributed by atoms with E-state index in [-0.39, 0.29) is 24.8 Å². The molecule has 0 aliphatic carbocycles. The molecule has 1 aromatic carbocycles. The lowest BCUT2D eigenvalue weighted by molar-refractivity contribution is -0.136. The molecule has 1 rings (SSSR count). The second kappa shape index (κ2) is 7.65. The van der Waals surface area contributed by atoms with Gasteiger partial charge in [-0.1, -0.05) is 24.6 Å². The number of anilines is 1. The van der Waals surface area contributed by atoms with Gasteiger partial charge >= 0.3 is 5.97 Å². The fourth-order valence-corrected chi connectivity index (χ4v) is 1.82. The molecule has 0 bridgehead atoms. The molecular weight excluding hydrogens is 256 g/mol. The van der Waals surface area contributed by atoms with Crippen molar-refractivity contribution < 1.29 is 14.7 Å². The highest BCUT2D eigenvalue weighted by Crippen LogP contribution is 2.18. The highest BCUT2D eigenvalue weighted by molar-refractivity contribution is 5.94. The summed E-state index contributed by atoms with van der Waals surface area (Å²) in [5.74, 6) is -0.921. The summed E-state index contributed by atoms with van der Waals surface area (Å²) in [6.45, 7) is 4.48. The van der Waals surface area contributed by atoms with Crippen LogP contribution in [0.4, 0.5) is 5.69 Å². The number of carboxylic acids is 1. The molecule has 1 amide bonds. The number of carbonyl (C=O) groups is 2. The topological polar surface area (TPSA) is 83.6 Å². The zero-order valence-corrected chi connectivity index (χ0v) is 12.0. The maximum atomic E-state index is 12.3. The first-order valence-corrected chi connectivity index (χ1v) is 6.73. The summed E-state index contributed by atoms with van der Waals surface area (Å²) >= 11 is 0. The second-order valence-electron chi connectivity index (χ2n) is 5.07. The van der Waals surface area contributed by atoms with Gasteiger partial charge in [-0.05, 0) is 31.5 Å². The third-order valence-corrected chi connectivity index (χ3v) is 3.12. The Kier molecular flexibility index (Phi) is 6.18. The van der Waals surface area contributed by atoms with Gasteiger partial charge in [-0.2, -0.15) is 0 Å². The number of aryl methyl sites for hydroxylation is 1.